The molecule has 0 saturated heterocycles. The lowest BCUT2D eigenvalue weighted by molar-refractivity contribution is 1.64. The van der Waals surface area contributed by atoms with Crippen molar-refractivity contribution in [2.24, 2.45) is 0 Å². The second-order valence-electron chi connectivity index (χ2n) is 2.14. The molecule has 0 aliphatic heterocycles. The van der Waals surface area contributed by atoms with Gasteiger partial charge in [0.2, 0.25) is 0 Å². The fourth-order valence-electron chi connectivity index (χ4n) is 0.619. The van der Waals surface area contributed by atoms with Crippen LogP contribution in [-0.2, 0) is 0 Å². The highest BCUT2D eigenvalue weighted by Crippen LogP contribution is 2.13. The molecule has 2 aromatic rings. The lowest BCUT2D eigenvalue weighted by atomic mass is 10.5. The van der Waals surface area contributed by atoms with Gasteiger partial charge >= 0.3 is 0 Å². The van der Waals surface area contributed by atoms with E-state index < -0.39 is 0 Å². The number of rotatable bonds is 0. The van der Waals surface area contributed by atoms with Crippen molar-refractivity contribution in [3.63, 3.8) is 0 Å². The Labute approximate surface area is 85.4 Å². The standard InChI is InChI=1S/C5H6S.C4H3ClS/c1-5-3-2-4-6-5;5-4-2-1-3-6-4/h2-4H,1H3;1-3H. The zero-order valence-electron chi connectivity index (χ0n) is 6.66. The predicted octanol–water partition coefficient (Wildman–Crippen LogP) is 4.46. The van der Waals surface area contributed by atoms with Gasteiger partial charge in [-0.3, -0.25) is 0 Å². The molecule has 3 heteroatoms. The van der Waals surface area contributed by atoms with Crippen LogP contribution >= 0.6 is 34.3 Å². The molecule has 0 radical (unpaired) electrons. The Morgan fingerprint density at radius 2 is 1.75 bits per heavy atom. The van der Waals surface area contributed by atoms with Crippen molar-refractivity contribution >= 4 is 34.3 Å². The van der Waals surface area contributed by atoms with Gasteiger partial charge in [0, 0.05) is 4.88 Å². The summed E-state index contributed by atoms with van der Waals surface area (Å²) in [6, 6.07) is 7.95. The molecule has 0 aliphatic rings. The van der Waals surface area contributed by atoms with E-state index in [4.69, 9.17) is 11.6 Å². The Morgan fingerprint density at radius 1 is 1.08 bits per heavy atom. The molecular weight excluding hydrogens is 208 g/mol. The van der Waals surface area contributed by atoms with Crippen molar-refractivity contribution in [1.82, 2.24) is 0 Å². The molecule has 2 aromatic heterocycles. The first-order valence-corrected chi connectivity index (χ1v) is 5.62. The monoisotopic (exact) mass is 216 g/mol. The first-order chi connectivity index (χ1) is 5.79. The lowest BCUT2D eigenvalue weighted by Gasteiger charge is -1.65. The van der Waals surface area contributed by atoms with E-state index in [1.54, 1.807) is 22.7 Å². The highest BCUT2D eigenvalue weighted by atomic mass is 35.5. The highest BCUT2D eigenvalue weighted by Gasteiger charge is 1.77. The van der Waals surface area contributed by atoms with Crippen LogP contribution in [0.25, 0.3) is 0 Å². The first-order valence-electron chi connectivity index (χ1n) is 3.48. The number of hydrogen-bond donors (Lipinski definition) is 0. The summed E-state index contributed by atoms with van der Waals surface area (Å²) in [4.78, 5) is 1.38. The molecule has 64 valence electrons. The summed E-state index contributed by atoms with van der Waals surface area (Å²) < 4.78 is 0.856. The van der Waals surface area contributed by atoms with Gasteiger partial charge in [0.1, 0.15) is 0 Å². The Kier molecular flexibility index (Phi) is 4.36. The number of hydrogen-bond acceptors (Lipinski definition) is 2. The zero-order chi connectivity index (χ0) is 8.81. The summed E-state index contributed by atoms with van der Waals surface area (Å²) in [5.74, 6) is 0. The van der Waals surface area contributed by atoms with E-state index >= 15 is 0 Å². The van der Waals surface area contributed by atoms with E-state index in [9.17, 15) is 0 Å². The Bertz CT molecular complexity index is 252. The van der Waals surface area contributed by atoms with Gasteiger partial charge < -0.3 is 0 Å². The highest BCUT2D eigenvalue weighted by molar-refractivity contribution is 7.14. The normalized spacial score (nSPS) is 8.83. The lowest BCUT2D eigenvalue weighted by Crippen LogP contribution is -1.42. The molecule has 12 heavy (non-hydrogen) atoms. The topological polar surface area (TPSA) is 0 Å². The van der Waals surface area contributed by atoms with E-state index in [1.807, 2.05) is 17.5 Å². The third-order valence-electron chi connectivity index (χ3n) is 1.15. The van der Waals surface area contributed by atoms with E-state index in [2.05, 4.69) is 24.4 Å². The molecule has 2 heterocycles. The zero-order valence-corrected chi connectivity index (χ0v) is 9.05. The molecule has 0 aromatic carbocycles. The van der Waals surface area contributed by atoms with Crippen LogP contribution in [0.5, 0.6) is 0 Å². The minimum absolute atomic E-state index is 0.856. The third-order valence-corrected chi connectivity index (χ3v) is 3.00. The Morgan fingerprint density at radius 3 is 1.92 bits per heavy atom. The van der Waals surface area contributed by atoms with Crippen LogP contribution in [-0.4, -0.2) is 0 Å². The van der Waals surface area contributed by atoms with E-state index in [1.165, 1.54) is 4.88 Å². The smallest absolute Gasteiger partial charge is 0.0928 e. The van der Waals surface area contributed by atoms with E-state index in [-0.39, 0.29) is 0 Å². The number of thiophene rings is 2. The van der Waals surface area contributed by atoms with Gasteiger partial charge in [0.05, 0.1) is 4.34 Å². The molecule has 0 amide bonds. The summed E-state index contributed by atoms with van der Waals surface area (Å²) in [5, 5.41) is 4.03. The van der Waals surface area contributed by atoms with Crippen LogP contribution < -0.4 is 0 Å². The van der Waals surface area contributed by atoms with E-state index in [0.717, 1.165) is 4.34 Å². The Balaban J connectivity index is 0.000000120. The van der Waals surface area contributed by atoms with Crippen LogP contribution in [0.3, 0.4) is 0 Å². The van der Waals surface area contributed by atoms with Crippen molar-refractivity contribution in [2.75, 3.05) is 0 Å². The molecule has 0 saturated carbocycles. The van der Waals surface area contributed by atoms with Crippen LogP contribution in [0.4, 0.5) is 0 Å². The van der Waals surface area contributed by atoms with Crippen LogP contribution in [0.2, 0.25) is 4.34 Å². The maximum Gasteiger partial charge on any atom is 0.0928 e. The largest absolute Gasteiger partial charge is 0.149 e. The van der Waals surface area contributed by atoms with Crippen molar-refractivity contribution in [3.8, 4) is 0 Å². The molecule has 0 N–H and O–H groups in total. The summed E-state index contributed by atoms with van der Waals surface area (Å²) in [6.07, 6.45) is 0. The van der Waals surface area contributed by atoms with Crippen LogP contribution in [0.1, 0.15) is 4.88 Å². The number of aryl methyl sites for hydroxylation is 1. The van der Waals surface area contributed by atoms with E-state index in [0.29, 0.717) is 0 Å². The van der Waals surface area contributed by atoms with Crippen molar-refractivity contribution in [2.45, 2.75) is 6.92 Å². The SMILES string of the molecule is Cc1cccs1.Clc1cccs1. The maximum atomic E-state index is 5.47. The first kappa shape index (κ1) is 9.78. The Hall–Kier alpha value is -0.310. The third kappa shape index (κ3) is 3.90. The minimum atomic E-state index is 0.856. The number of halogens is 1. The van der Waals surface area contributed by atoms with Crippen molar-refractivity contribution in [1.29, 1.82) is 0 Å². The summed E-state index contributed by atoms with van der Waals surface area (Å²) in [6.45, 7) is 2.10. The van der Waals surface area contributed by atoms with Gasteiger partial charge in [-0.1, -0.05) is 17.7 Å². The second-order valence-corrected chi connectivity index (χ2v) is 4.87. The predicted molar refractivity (Wildman–Crippen MR) is 58.4 cm³/mol. The average Bonchev–Trinajstić information content (AvgIpc) is 2.63. The molecule has 2 rings (SSSR count). The minimum Gasteiger partial charge on any atom is -0.149 e. The van der Waals surface area contributed by atoms with Gasteiger partial charge in [-0.05, 0) is 35.9 Å². The molecule has 0 nitrogen and oxygen atoms in total. The van der Waals surface area contributed by atoms with Crippen LogP contribution in [0, 0.1) is 6.92 Å². The molecule has 0 spiro atoms. The van der Waals surface area contributed by atoms with Crippen LogP contribution in [0.15, 0.2) is 35.0 Å². The maximum absolute atomic E-state index is 5.47. The fourth-order valence-corrected chi connectivity index (χ4v) is 1.82. The molecule has 0 atom stereocenters. The quantitative estimate of drug-likeness (QED) is 0.610. The fraction of sp³-hybridized carbons (Fsp3) is 0.111. The molecule has 0 unspecified atom stereocenters. The summed E-state index contributed by atoms with van der Waals surface area (Å²) >= 11 is 8.79. The molecule has 0 fully saturated rings. The van der Waals surface area contributed by atoms with Gasteiger partial charge in [0.15, 0.2) is 0 Å². The van der Waals surface area contributed by atoms with Gasteiger partial charge in [0.25, 0.3) is 0 Å². The molecule has 0 bridgehead atoms. The van der Waals surface area contributed by atoms with Gasteiger partial charge in [-0.2, -0.15) is 0 Å². The molecular formula is C9H9ClS2. The van der Waals surface area contributed by atoms with Gasteiger partial charge in [-0.25, -0.2) is 0 Å². The second kappa shape index (κ2) is 5.36. The summed E-state index contributed by atoms with van der Waals surface area (Å²) in [5.41, 5.74) is 0. The van der Waals surface area contributed by atoms with Crippen molar-refractivity contribution < 1.29 is 0 Å². The van der Waals surface area contributed by atoms with Crippen molar-refractivity contribution in [3.05, 3.63) is 44.2 Å². The molecule has 0 aliphatic carbocycles. The average molecular weight is 217 g/mol. The summed E-state index contributed by atoms with van der Waals surface area (Å²) in [7, 11) is 0. The van der Waals surface area contributed by atoms with Gasteiger partial charge in [-0.15, -0.1) is 22.7 Å².